The molecule has 1 atom stereocenters. The van der Waals surface area contributed by atoms with Crippen LogP contribution in [0.5, 0.6) is 11.5 Å². The van der Waals surface area contributed by atoms with Crippen LogP contribution in [0.25, 0.3) is 0 Å². The quantitative estimate of drug-likeness (QED) is 0.591. The van der Waals surface area contributed by atoms with Crippen LogP contribution in [-0.4, -0.2) is 51.0 Å². The molecule has 3 rings (SSSR count). The first-order valence-electron chi connectivity index (χ1n) is 9.79. The largest absolute Gasteiger partial charge is 0.492 e. The molecule has 0 radical (unpaired) electrons. The minimum Gasteiger partial charge on any atom is -0.492 e. The number of nitrogens with zero attached hydrogens (tertiary/aromatic N) is 1. The van der Waals surface area contributed by atoms with Crippen molar-refractivity contribution in [3.05, 3.63) is 53.6 Å². The number of sulfonamides is 1. The third-order valence-corrected chi connectivity index (χ3v) is 6.82. The van der Waals surface area contributed by atoms with E-state index in [1.807, 2.05) is 0 Å². The second-order valence-corrected chi connectivity index (χ2v) is 9.31. The van der Waals surface area contributed by atoms with Gasteiger partial charge in [-0.25, -0.2) is 8.42 Å². The Morgan fingerprint density at radius 3 is 2.50 bits per heavy atom. The summed E-state index contributed by atoms with van der Waals surface area (Å²) in [4.78, 5) is 12.4. The Morgan fingerprint density at radius 2 is 1.83 bits per heavy atom. The van der Waals surface area contributed by atoms with Crippen molar-refractivity contribution in [1.82, 2.24) is 9.62 Å². The van der Waals surface area contributed by atoms with Gasteiger partial charge < -0.3 is 14.8 Å². The predicted octanol–water partition coefficient (Wildman–Crippen LogP) is 3.09. The first kappa shape index (κ1) is 22.4. The van der Waals surface area contributed by atoms with E-state index < -0.39 is 16.1 Å². The molecular weight excluding hydrogens is 428 g/mol. The molecule has 1 saturated heterocycles. The number of rotatable bonds is 9. The SMILES string of the molecule is C[C@@H](Oc1cccc(Cl)c1)C(=O)NCCOc1ccc(S(=O)(=O)N2CCCC2)cc1. The van der Waals surface area contributed by atoms with E-state index in [0.29, 0.717) is 29.6 Å². The van der Waals surface area contributed by atoms with E-state index >= 15 is 0 Å². The summed E-state index contributed by atoms with van der Waals surface area (Å²) in [5.74, 6) is 0.781. The third-order valence-electron chi connectivity index (χ3n) is 4.67. The second kappa shape index (κ2) is 10.1. The van der Waals surface area contributed by atoms with E-state index in [9.17, 15) is 13.2 Å². The van der Waals surface area contributed by atoms with Crippen LogP contribution >= 0.6 is 11.6 Å². The maximum Gasteiger partial charge on any atom is 0.260 e. The Hall–Kier alpha value is -2.29. The molecule has 162 valence electrons. The molecule has 2 aromatic carbocycles. The molecule has 1 heterocycles. The van der Waals surface area contributed by atoms with Crippen LogP contribution in [0.3, 0.4) is 0 Å². The van der Waals surface area contributed by atoms with E-state index in [2.05, 4.69) is 5.32 Å². The van der Waals surface area contributed by atoms with Gasteiger partial charge in [0.2, 0.25) is 10.0 Å². The molecule has 0 saturated carbocycles. The summed E-state index contributed by atoms with van der Waals surface area (Å²) in [7, 11) is -3.43. The number of hydrogen-bond donors (Lipinski definition) is 1. The van der Waals surface area contributed by atoms with Crippen molar-refractivity contribution >= 4 is 27.5 Å². The Kier molecular flexibility index (Phi) is 7.58. The highest BCUT2D eigenvalue weighted by molar-refractivity contribution is 7.89. The smallest absolute Gasteiger partial charge is 0.260 e. The van der Waals surface area contributed by atoms with E-state index in [1.165, 1.54) is 4.31 Å². The van der Waals surface area contributed by atoms with Crippen LogP contribution < -0.4 is 14.8 Å². The summed E-state index contributed by atoms with van der Waals surface area (Å²) in [5, 5.41) is 3.27. The first-order chi connectivity index (χ1) is 14.4. The minimum atomic E-state index is -3.43. The standard InChI is InChI=1S/C21H25ClN2O5S/c1-16(29-19-6-4-5-17(22)15-19)21(25)23-11-14-28-18-7-9-20(10-8-18)30(26,27)24-12-2-3-13-24/h4-10,15-16H,2-3,11-14H2,1H3,(H,23,25)/t16-/m1/s1. The van der Waals surface area contributed by atoms with Crippen molar-refractivity contribution in [1.29, 1.82) is 0 Å². The van der Waals surface area contributed by atoms with Gasteiger partial charge in [0.25, 0.3) is 5.91 Å². The van der Waals surface area contributed by atoms with Crippen LogP contribution in [-0.2, 0) is 14.8 Å². The summed E-state index contributed by atoms with van der Waals surface area (Å²) in [6.07, 6.45) is 1.11. The van der Waals surface area contributed by atoms with Gasteiger partial charge in [-0.05, 0) is 62.2 Å². The summed E-state index contributed by atoms with van der Waals surface area (Å²) >= 11 is 5.90. The molecule has 1 aliphatic heterocycles. The number of carbonyl (C=O) groups is 1. The fraction of sp³-hybridized carbons (Fsp3) is 0.381. The third kappa shape index (κ3) is 5.87. The zero-order chi connectivity index (χ0) is 21.6. The molecule has 1 N–H and O–H groups in total. The van der Waals surface area contributed by atoms with E-state index in [1.54, 1.807) is 55.5 Å². The van der Waals surface area contributed by atoms with Gasteiger partial charge >= 0.3 is 0 Å². The Labute approximate surface area is 182 Å². The van der Waals surface area contributed by atoms with Crippen molar-refractivity contribution in [3.8, 4) is 11.5 Å². The van der Waals surface area contributed by atoms with Crippen LogP contribution in [0, 0.1) is 0 Å². The van der Waals surface area contributed by atoms with Crippen molar-refractivity contribution < 1.29 is 22.7 Å². The summed E-state index contributed by atoms with van der Waals surface area (Å²) in [6, 6.07) is 13.2. The van der Waals surface area contributed by atoms with E-state index in [4.69, 9.17) is 21.1 Å². The van der Waals surface area contributed by atoms with Gasteiger partial charge in [-0.2, -0.15) is 4.31 Å². The second-order valence-electron chi connectivity index (χ2n) is 6.94. The average molecular weight is 453 g/mol. The zero-order valence-corrected chi connectivity index (χ0v) is 18.3. The normalized spacial score (nSPS) is 15.5. The van der Waals surface area contributed by atoms with Gasteiger partial charge in [-0.3, -0.25) is 4.79 Å². The fourth-order valence-electron chi connectivity index (χ4n) is 3.07. The number of halogens is 1. The number of benzene rings is 2. The van der Waals surface area contributed by atoms with Gasteiger partial charge in [0.1, 0.15) is 18.1 Å². The number of amides is 1. The Morgan fingerprint density at radius 1 is 1.13 bits per heavy atom. The molecule has 30 heavy (non-hydrogen) atoms. The maximum absolute atomic E-state index is 12.5. The number of nitrogens with one attached hydrogen (secondary N) is 1. The molecule has 0 spiro atoms. The summed E-state index contributed by atoms with van der Waals surface area (Å²) < 4.78 is 37.7. The molecule has 7 nitrogen and oxygen atoms in total. The van der Waals surface area contributed by atoms with Gasteiger partial charge in [-0.15, -0.1) is 0 Å². The zero-order valence-electron chi connectivity index (χ0n) is 16.7. The lowest BCUT2D eigenvalue weighted by Gasteiger charge is -2.16. The van der Waals surface area contributed by atoms with Crippen LogP contribution in [0.4, 0.5) is 0 Å². The molecule has 0 aliphatic carbocycles. The van der Waals surface area contributed by atoms with Crippen molar-refractivity contribution in [2.45, 2.75) is 30.8 Å². The molecule has 1 amide bonds. The molecule has 0 aromatic heterocycles. The van der Waals surface area contributed by atoms with Gasteiger partial charge in [0.15, 0.2) is 6.10 Å². The van der Waals surface area contributed by atoms with Gasteiger partial charge in [0.05, 0.1) is 11.4 Å². The maximum atomic E-state index is 12.5. The molecule has 9 heteroatoms. The van der Waals surface area contributed by atoms with Gasteiger partial charge in [-0.1, -0.05) is 17.7 Å². The van der Waals surface area contributed by atoms with Crippen LogP contribution in [0.15, 0.2) is 53.4 Å². The average Bonchev–Trinajstić information content (AvgIpc) is 3.27. The van der Waals surface area contributed by atoms with Crippen molar-refractivity contribution in [3.63, 3.8) is 0 Å². The van der Waals surface area contributed by atoms with Crippen molar-refractivity contribution in [2.24, 2.45) is 0 Å². The van der Waals surface area contributed by atoms with E-state index in [0.717, 1.165) is 12.8 Å². The van der Waals surface area contributed by atoms with E-state index in [-0.39, 0.29) is 24.0 Å². The monoisotopic (exact) mass is 452 g/mol. The highest BCUT2D eigenvalue weighted by atomic mass is 35.5. The fourth-order valence-corrected chi connectivity index (χ4v) is 4.77. The topological polar surface area (TPSA) is 84.9 Å². The van der Waals surface area contributed by atoms with Crippen molar-refractivity contribution in [2.75, 3.05) is 26.2 Å². The highest BCUT2D eigenvalue weighted by Gasteiger charge is 2.26. The Bertz CT molecular complexity index is 960. The van der Waals surface area contributed by atoms with Crippen LogP contribution in [0.1, 0.15) is 19.8 Å². The van der Waals surface area contributed by atoms with Gasteiger partial charge in [0, 0.05) is 18.1 Å². The number of hydrogen-bond acceptors (Lipinski definition) is 5. The lowest BCUT2D eigenvalue weighted by Crippen LogP contribution is -2.38. The molecule has 2 aromatic rings. The molecule has 0 bridgehead atoms. The summed E-state index contributed by atoms with van der Waals surface area (Å²) in [6.45, 7) is 3.32. The lowest BCUT2D eigenvalue weighted by atomic mass is 10.3. The molecule has 1 fully saturated rings. The number of ether oxygens (including phenoxy) is 2. The molecule has 0 unspecified atom stereocenters. The highest BCUT2D eigenvalue weighted by Crippen LogP contribution is 2.23. The summed E-state index contributed by atoms with van der Waals surface area (Å²) in [5.41, 5.74) is 0. The molecular formula is C21H25ClN2O5S. The minimum absolute atomic E-state index is 0.244. The molecule has 1 aliphatic rings. The predicted molar refractivity (Wildman–Crippen MR) is 114 cm³/mol. The number of carbonyl (C=O) groups excluding carboxylic acids is 1. The Balaban J connectivity index is 1.42. The first-order valence-corrected chi connectivity index (χ1v) is 11.6. The van der Waals surface area contributed by atoms with Crippen LogP contribution in [0.2, 0.25) is 5.02 Å². The lowest BCUT2D eigenvalue weighted by molar-refractivity contribution is -0.127.